The summed E-state index contributed by atoms with van der Waals surface area (Å²) in [7, 11) is -3.72. The van der Waals surface area contributed by atoms with Gasteiger partial charge in [-0.1, -0.05) is 30.3 Å². The summed E-state index contributed by atoms with van der Waals surface area (Å²) in [5.74, 6) is 0. The first-order valence-corrected chi connectivity index (χ1v) is 9.83. The molecule has 0 saturated carbocycles. The van der Waals surface area contributed by atoms with Crippen LogP contribution in [-0.4, -0.2) is 48.7 Å². The molecule has 0 amide bonds. The topological polar surface area (TPSA) is 83.8 Å². The van der Waals surface area contributed by atoms with E-state index in [1.165, 1.54) is 33.6 Å². The highest BCUT2D eigenvalue weighted by atomic mass is 32.2. The number of nitro benzene ring substituents is 1. The summed E-state index contributed by atoms with van der Waals surface area (Å²) in [6.07, 6.45) is 0. The zero-order chi connectivity index (χ0) is 18.7. The third-order valence-corrected chi connectivity index (χ3v) is 6.55. The molecule has 0 radical (unpaired) electrons. The molecule has 2 aromatic rings. The van der Waals surface area contributed by atoms with Crippen molar-refractivity contribution in [1.82, 2.24) is 9.21 Å². The Morgan fingerprint density at radius 1 is 1.04 bits per heavy atom. The van der Waals surface area contributed by atoms with E-state index in [4.69, 9.17) is 0 Å². The van der Waals surface area contributed by atoms with E-state index < -0.39 is 14.9 Å². The van der Waals surface area contributed by atoms with E-state index in [2.05, 4.69) is 24.0 Å². The van der Waals surface area contributed by atoms with Gasteiger partial charge in [0.1, 0.15) is 0 Å². The van der Waals surface area contributed by atoms with Crippen molar-refractivity contribution in [1.29, 1.82) is 0 Å². The lowest BCUT2D eigenvalue weighted by atomic mass is 10.1. The number of benzene rings is 2. The molecule has 1 aliphatic rings. The zero-order valence-electron chi connectivity index (χ0n) is 14.5. The number of non-ortho nitro benzene ring substituents is 1. The van der Waals surface area contributed by atoms with Crippen molar-refractivity contribution in [3.8, 4) is 0 Å². The van der Waals surface area contributed by atoms with Gasteiger partial charge in [0.15, 0.2) is 0 Å². The van der Waals surface area contributed by atoms with E-state index >= 15 is 0 Å². The minimum atomic E-state index is -3.72. The van der Waals surface area contributed by atoms with E-state index in [9.17, 15) is 18.5 Å². The van der Waals surface area contributed by atoms with E-state index in [1.807, 2.05) is 12.1 Å². The standard InChI is InChI=1S/C18H21N3O4S/c1-15-5-2-3-6-16(15)14-19-9-11-20(12-10-19)26(24,25)18-8-4-7-17(13-18)21(22)23/h2-8,13H,9-12,14H2,1H3. The minimum Gasteiger partial charge on any atom is -0.296 e. The lowest BCUT2D eigenvalue weighted by Crippen LogP contribution is -2.48. The second-order valence-corrected chi connectivity index (χ2v) is 8.30. The molecule has 1 saturated heterocycles. The molecule has 138 valence electrons. The average molecular weight is 375 g/mol. The van der Waals surface area contributed by atoms with Crippen LogP contribution in [0.1, 0.15) is 11.1 Å². The predicted molar refractivity (Wildman–Crippen MR) is 98.3 cm³/mol. The Morgan fingerprint density at radius 3 is 2.38 bits per heavy atom. The number of nitro groups is 1. The van der Waals surface area contributed by atoms with Crippen molar-refractivity contribution in [3.05, 3.63) is 69.8 Å². The highest BCUT2D eigenvalue weighted by molar-refractivity contribution is 7.89. The summed E-state index contributed by atoms with van der Waals surface area (Å²) in [6.45, 7) is 4.86. The van der Waals surface area contributed by atoms with Gasteiger partial charge < -0.3 is 0 Å². The summed E-state index contributed by atoms with van der Waals surface area (Å²) >= 11 is 0. The van der Waals surface area contributed by atoms with Crippen LogP contribution in [0.5, 0.6) is 0 Å². The van der Waals surface area contributed by atoms with Crippen LogP contribution in [0.15, 0.2) is 53.4 Å². The van der Waals surface area contributed by atoms with Crippen LogP contribution in [-0.2, 0) is 16.6 Å². The van der Waals surface area contributed by atoms with Crippen molar-refractivity contribution >= 4 is 15.7 Å². The van der Waals surface area contributed by atoms with Gasteiger partial charge in [0.2, 0.25) is 10.0 Å². The van der Waals surface area contributed by atoms with Crippen LogP contribution in [0, 0.1) is 17.0 Å². The summed E-state index contributed by atoms with van der Waals surface area (Å²) in [5, 5.41) is 10.9. The number of rotatable bonds is 5. The van der Waals surface area contributed by atoms with Crippen LogP contribution in [0.25, 0.3) is 0 Å². The fourth-order valence-electron chi connectivity index (χ4n) is 3.06. The van der Waals surface area contributed by atoms with Crippen molar-refractivity contribution in [2.75, 3.05) is 26.2 Å². The maximum atomic E-state index is 12.8. The SMILES string of the molecule is Cc1ccccc1CN1CCN(S(=O)(=O)c2cccc([N+](=O)[O-])c2)CC1. The monoisotopic (exact) mass is 375 g/mol. The van der Waals surface area contributed by atoms with Gasteiger partial charge in [-0.15, -0.1) is 0 Å². The molecule has 0 spiro atoms. The van der Waals surface area contributed by atoms with Gasteiger partial charge in [-0.25, -0.2) is 8.42 Å². The second-order valence-electron chi connectivity index (χ2n) is 6.36. The van der Waals surface area contributed by atoms with E-state index in [0.717, 1.165) is 12.6 Å². The molecule has 1 fully saturated rings. The Bertz CT molecular complexity index is 906. The van der Waals surface area contributed by atoms with Gasteiger partial charge in [0, 0.05) is 44.9 Å². The highest BCUT2D eigenvalue weighted by Crippen LogP contribution is 2.22. The zero-order valence-corrected chi connectivity index (χ0v) is 15.4. The molecule has 0 aromatic heterocycles. The molecule has 0 unspecified atom stereocenters. The molecular formula is C18H21N3O4S. The average Bonchev–Trinajstić information content (AvgIpc) is 2.64. The molecule has 0 N–H and O–H groups in total. The summed E-state index contributed by atoms with van der Waals surface area (Å²) < 4.78 is 26.9. The Morgan fingerprint density at radius 2 is 1.73 bits per heavy atom. The Hall–Kier alpha value is -2.29. The maximum Gasteiger partial charge on any atom is 0.270 e. The Kier molecular flexibility index (Phi) is 5.36. The third kappa shape index (κ3) is 3.92. The van der Waals surface area contributed by atoms with Crippen molar-refractivity contribution < 1.29 is 13.3 Å². The third-order valence-electron chi connectivity index (χ3n) is 4.65. The molecule has 8 heteroatoms. The molecule has 1 heterocycles. The predicted octanol–water partition coefficient (Wildman–Crippen LogP) is 2.41. The second kappa shape index (κ2) is 7.53. The number of hydrogen-bond donors (Lipinski definition) is 0. The minimum absolute atomic E-state index is 0.0287. The molecule has 0 bridgehead atoms. The summed E-state index contributed by atoms with van der Waals surface area (Å²) in [4.78, 5) is 12.5. The number of hydrogen-bond acceptors (Lipinski definition) is 5. The van der Waals surface area contributed by atoms with Crippen LogP contribution < -0.4 is 0 Å². The number of nitrogens with zero attached hydrogens (tertiary/aromatic N) is 3. The van der Waals surface area contributed by atoms with Gasteiger partial charge >= 0.3 is 0 Å². The fraction of sp³-hybridized carbons (Fsp3) is 0.333. The highest BCUT2D eigenvalue weighted by Gasteiger charge is 2.29. The lowest BCUT2D eigenvalue weighted by Gasteiger charge is -2.34. The Balaban J connectivity index is 1.68. The molecule has 3 rings (SSSR count). The first-order valence-electron chi connectivity index (χ1n) is 8.39. The van der Waals surface area contributed by atoms with Crippen molar-refractivity contribution in [2.45, 2.75) is 18.4 Å². The van der Waals surface area contributed by atoms with Crippen LogP contribution in [0.2, 0.25) is 0 Å². The van der Waals surface area contributed by atoms with Gasteiger partial charge in [0.25, 0.3) is 5.69 Å². The van der Waals surface area contributed by atoms with E-state index in [-0.39, 0.29) is 10.6 Å². The summed E-state index contributed by atoms with van der Waals surface area (Å²) in [5.41, 5.74) is 2.24. The van der Waals surface area contributed by atoms with Gasteiger partial charge in [-0.2, -0.15) is 4.31 Å². The van der Waals surface area contributed by atoms with Crippen LogP contribution in [0.3, 0.4) is 0 Å². The first kappa shape index (κ1) is 18.5. The molecule has 2 aromatic carbocycles. The quantitative estimate of drug-likeness (QED) is 0.592. The first-order chi connectivity index (χ1) is 12.4. The lowest BCUT2D eigenvalue weighted by molar-refractivity contribution is -0.385. The van der Waals surface area contributed by atoms with Crippen molar-refractivity contribution in [2.24, 2.45) is 0 Å². The van der Waals surface area contributed by atoms with Gasteiger partial charge in [-0.3, -0.25) is 15.0 Å². The van der Waals surface area contributed by atoms with Gasteiger partial charge in [0.05, 0.1) is 9.82 Å². The molecule has 7 nitrogen and oxygen atoms in total. The molecule has 0 aliphatic carbocycles. The van der Waals surface area contributed by atoms with Crippen LogP contribution in [0.4, 0.5) is 5.69 Å². The maximum absolute atomic E-state index is 12.8. The molecule has 26 heavy (non-hydrogen) atoms. The van der Waals surface area contributed by atoms with Crippen molar-refractivity contribution in [3.63, 3.8) is 0 Å². The van der Waals surface area contributed by atoms with Crippen LogP contribution >= 0.6 is 0 Å². The Labute approximate surface area is 153 Å². The molecule has 0 atom stereocenters. The van der Waals surface area contributed by atoms with Gasteiger partial charge in [-0.05, 0) is 24.1 Å². The van der Waals surface area contributed by atoms with E-state index in [0.29, 0.717) is 26.2 Å². The largest absolute Gasteiger partial charge is 0.296 e. The van der Waals surface area contributed by atoms with E-state index in [1.54, 1.807) is 0 Å². The number of piperazine rings is 1. The summed E-state index contributed by atoms with van der Waals surface area (Å²) in [6, 6.07) is 13.4. The number of sulfonamides is 1. The normalized spacial score (nSPS) is 16.5. The number of aryl methyl sites for hydroxylation is 1. The molecular weight excluding hydrogens is 354 g/mol. The molecule has 1 aliphatic heterocycles. The fourth-order valence-corrected chi connectivity index (χ4v) is 4.53. The smallest absolute Gasteiger partial charge is 0.270 e.